The van der Waals surface area contributed by atoms with Crippen LogP contribution in [0.1, 0.15) is 6.92 Å². The van der Waals surface area contributed by atoms with Gasteiger partial charge in [0.05, 0.1) is 24.5 Å². The predicted molar refractivity (Wildman–Crippen MR) is 48.6 cm³/mol. The van der Waals surface area contributed by atoms with E-state index in [9.17, 15) is 8.42 Å². The smallest absolute Gasteiger partial charge is 0.257 e. The first-order valence-corrected chi connectivity index (χ1v) is 5.42. The van der Waals surface area contributed by atoms with E-state index in [0.717, 1.165) is 0 Å². The summed E-state index contributed by atoms with van der Waals surface area (Å²) < 4.78 is 25.1. The molecule has 1 atom stereocenters. The third-order valence-electron chi connectivity index (χ3n) is 1.56. The maximum absolute atomic E-state index is 11.4. The van der Waals surface area contributed by atoms with Crippen molar-refractivity contribution in [1.29, 1.82) is 5.26 Å². The molecule has 7 heteroatoms. The maximum atomic E-state index is 11.4. The topological polar surface area (TPSA) is 98.6 Å². The van der Waals surface area contributed by atoms with Crippen LogP contribution in [0.5, 0.6) is 0 Å². The summed E-state index contributed by atoms with van der Waals surface area (Å²) in [5, 5.41) is 8.46. The summed E-state index contributed by atoms with van der Waals surface area (Å²) in [7, 11) is -3.54. The van der Waals surface area contributed by atoms with Crippen LogP contribution in [0.15, 0.2) is 17.6 Å². The Morgan fingerprint density at radius 2 is 2.50 bits per heavy atom. The van der Waals surface area contributed by atoms with E-state index >= 15 is 0 Å². The average molecular weight is 214 g/mol. The fourth-order valence-corrected chi connectivity index (χ4v) is 1.78. The minimum atomic E-state index is -3.54. The van der Waals surface area contributed by atoms with Crippen LogP contribution in [0.25, 0.3) is 0 Å². The number of rotatable bonds is 4. The first-order valence-electron chi connectivity index (χ1n) is 3.94. The van der Waals surface area contributed by atoms with Crippen molar-refractivity contribution in [3.8, 4) is 6.07 Å². The Labute approximate surface area is 82.0 Å². The van der Waals surface area contributed by atoms with Gasteiger partial charge in [0.25, 0.3) is 10.0 Å². The van der Waals surface area contributed by atoms with E-state index in [0.29, 0.717) is 0 Å². The van der Waals surface area contributed by atoms with Crippen LogP contribution >= 0.6 is 0 Å². The van der Waals surface area contributed by atoms with E-state index in [-0.39, 0.29) is 17.5 Å². The quantitative estimate of drug-likeness (QED) is 0.728. The Morgan fingerprint density at radius 1 is 1.79 bits per heavy atom. The highest BCUT2D eigenvalue weighted by molar-refractivity contribution is 7.89. The molecular weight excluding hydrogens is 204 g/mol. The number of imidazole rings is 1. The number of aromatic amines is 1. The van der Waals surface area contributed by atoms with E-state index in [4.69, 9.17) is 5.26 Å². The molecule has 0 saturated carbocycles. The molecule has 1 aromatic rings. The Kier molecular flexibility index (Phi) is 3.22. The molecule has 0 aliphatic carbocycles. The molecule has 1 aromatic heterocycles. The molecule has 1 rings (SSSR count). The summed E-state index contributed by atoms with van der Waals surface area (Å²) in [6.45, 7) is 1.73. The zero-order valence-corrected chi connectivity index (χ0v) is 8.37. The monoisotopic (exact) mass is 214 g/mol. The van der Waals surface area contributed by atoms with Crippen molar-refractivity contribution in [2.45, 2.75) is 11.9 Å². The van der Waals surface area contributed by atoms with Gasteiger partial charge in [0.1, 0.15) is 0 Å². The highest BCUT2D eigenvalue weighted by Crippen LogP contribution is 2.02. The molecule has 1 unspecified atom stereocenters. The first kappa shape index (κ1) is 10.7. The standard InChI is InChI=1S/C7H10N4O2S/c1-6(2-8)3-11-14(12,13)7-4-9-5-10-7/h4-6,11H,3H2,1H3,(H,9,10). The van der Waals surface area contributed by atoms with E-state index in [2.05, 4.69) is 14.7 Å². The summed E-state index contributed by atoms with van der Waals surface area (Å²) in [4.78, 5) is 6.07. The van der Waals surface area contributed by atoms with E-state index in [1.807, 2.05) is 6.07 Å². The Bertz CT molecular complexity index is 417. The lowest BCUT2D eigenvalue weighted by Gasteiger charge is -2.04. The zero-order valence-electron chi connectivity index (χ0n) is 7.56. The second-order valence-electron chi connectivity index (χ2n) is 2.80. The van der Waals surface area contributed by atoms with Gasteiger partial charge < -0.3 is 4.98 Å². The molecule has 0 aromatic carbocycles. The molecule has 14 heavy (non-hydrogen) atoms. The zero-order chi connectivity index (χ0) is 10.6. The highest BCUT2D eigenvalue weighted by Gasteiger charge is 2.15. The SMILES string of the molecule is CC(C#N)CNS(=O)(=O)c1cnc[nH]1. The highest BCUT2D eigenvalue weighted by atomic mass is 32.2. The summed E-state index contributed by atoms with van der Waals surface area (Å²) in [5.41, 5.74) is 0. The Balaban J connectivity index is 2.66. The largest absolute Gasteiger partial charge is 0.335 e. The van der Waals surface area contributed by atoms with Gasteiger partial charge in [-0.05, 0) is 6.92 Å². The molecule has 0 bridgehead atoms. The lowest BCUT2D eigenvalue weighted by molar-refractivity contribution is 0.569. The van der Waals surface area contributed by atoms with Crippen LogP contribution < -0.4 is 4.72 Å². The summed E-state index contributed by atoms with van der Waals surface area (Å²) in [6.07, 6.45) is 2.49. The second kappa shape index (κ2) is 4.21. The maximum Gasteiger partial charge on any atom is 0.257 e. The summed E-state index contributed by atoms with van der Waals surface area (Å²) in [5.74, 6) is -0.354. The molecule has 0 radical (unpaired) electrons. The molecule has 0 aliphatic heterocycles. The van der Waals surface area contributed by atoms with Crippen LogP contribution in [0.4, 0.5) is 0 Å². The third kappa shape index (κ3) is 2.55. The van der Waals surface area contributed by atoms with Crippen molar-refractivity contribution in [3.63, 3.8) is 0 Å². The first-order chi connectivity index (χ1) is 6.56. The lowest BCUT2D eigenvalue weighted by atomic mass is 10.2. The van der Waals surface area contributed by atoms with Gasteiger partial charge >= 0.3 is 0 Å². The van der Waals surface area contributed by atoms with E-state index in [1.165, 1.54) is 12.5 Å². The van der Waals surface area contributed by atoms with Crippen molar-refractivity contribution in [2.24, 2.45) is 5.92 Å². The Hall–Kier alpha value is -1.39. The van der Waals surface area contributed by atoms with Gasteiger partial charge in [0.2, 0.25) is 0 Å². The fourth-order valence-electron chi connectivity index (χ4n) is 0.748. The van der Waals surface area contributed by atoms with E-state index < -0.39 is 10.0 Å². The number of hydrogen-bond donors (Lipinski definition) is 2. The molecule has 1 heterocycles. The molecule has 0 aliphatic rings. The molecule has 0 saturated heterocycles. The normalized spacial score (nSPS) is 13.4. The van der Waals surface area contributed by atoms with Crippen molar-refractivity contribution in [3.05, 3.63) is 12.5 Å². The predicted octanol–water partition coefficient (Wildman–Crippen LogP) is -0.152. The van der Waals surface area contributed by atoms with Crippen molar-refractivity contribution < 1.29 is 8.42 Å². The fraction of sp³-hybridized carbons (Fsp3) is 0.429. The Morgan fingerprint density at radius 3 is 3.00 bits per heavy atom. The van der Waals surface area contributed by atoms with Crippen LogP contribution in [-0.4, -0.2) is 24.9 Å². The second-order valence-corrected chi connectivity index (χ2v) is 4.53. The van der Waals surface area contributed by atoms with Crippen LogP contribution in [0.2, 0.25) is 0 Å². The average Bonchev–Trinajstić information content (AvgIpc) is 2.67. The summed E-state index contributed by atoms with van der Waals surface area (Å²) >= 11 is 0. The van der Waals surface area contributed by atoms with Crippen molar-refractivity contribution in [1.82, 2.24) is 14.7 Å². The van der Waals surface area contributed by atoms with Gasteiger partial charge in [-0.15, -0.1) is 0 Å². The molecule has 76 valence electrons. The van der Waals surface area contributed by atoms with Gasteiger partial charge in [0.15, 0.2) is 5.03 Å². The van der Waals surface area contributed by atoms with Gasteiger partial charge in [-0.25, -0.2) is 18.1 Å². The van der Waals surface area contributed by atoms with Crippen molar-refractivity contribution >= 4 is 10.0 Å². The molecular formula is C7H10N4O2S. The van der Waals surface area contributed by atoms with Gasteiger partial charge in [-0.2, -0.15) is 5.26 Å². The molecule has 0 amide bonds. The molecule has 0 fully saturated rings. The van der Waals surface area contributed by atoms with Gasteiger partial charge in [0, 0.05) is 6.54 Å². The number of H-pyrrole nitrogens is 1. The third-order valence-corrected chi connectivity index (χ3v) is 2.91. The number of sulfonamides is 1. The lowest BCUT2D eigenvalue weighted by Crippen LogP contribution is -2.28. The number of aromatic nitrogens is 2. The molecule has 0 spiro atoms. The number of nitriles is 1. The number of nitrogens with zero attached hydrogens (tertiary/aromatic N) is 2. The van der Waals surface area contributed by atoms with Crippen LogP contribution in [0, 0.1) is 17.2 Å². The minimum absolute atomic E-state index is 0.00244. The number of hydrogen-bond acceptors (Lipinski definition) is 4. The van der Waals surface area contributed by atoms with Crippen LogP contribution in [-0.2, 0) is 10.0 Å². The molecule has 2 N–H and O–H groups in total. The molecule has 6 nitrogen and oxygen atoms in total. The number of nitrogens with one attached hydrogen (secondary N) is 2. The van der Waals surface area contributed by atoms with Crippen LogP contribution in [0.3, 0.4) is 0 Å². The summed E-state index contributed by atoms with van der Waals surface area (Å²) in [6, 6.07) is 1.93. The van der Waals surface area contributed by atoms with Gasteiger partial charge in [-0.1, -0.05) is 0 Å². The van der Waals surface area contributed by atoms with Gasteiger partial charge in [-0.3, -0.25) is 0 Å². The minimum Gasteiger partial charge on any atom is -0.335 e. The van der Waals surface area contributed by atoms with Crippen molar-refractivity contribution in [2.75, 3.05) is 6.54 Å². The van der Waals surface area contributed by atoms with E-state index in [1.54, 1.807) is 6.92 Å².